The number of anilines is 1. The summed E-state index contributed by atoms with van der Waals surface area (Å²) in [4.78, 5) is 11.8. The van der Waals surface area contributed by atoms with Crippen LogP contribution in [-0.4, -0.2) is 42.3 Å². The average Bonchev–Trinajstić information content (AvgIpc) is 3.11. The minimum absolute atomic E-state index is 0.134. The zero-order valence-electron chi connectivity index (χ0n) is 13.4. The summed E-state index contributed by atoms with van der Waals surface area (Å²) in [6.07, 6.45) is 4.63. The Morgan fingerprint density at radius 3 is 2.42 bits per heavy atom. The number of benzene rings is 1. The van der Waals surface area contributed by atoms with E-state index in [1.807, 2.05) is 0 Å². The van der Waals surface area contributed by atoms with Gasteiger partial charge in [-0.2, -0.15) is 0 Å². The molecule has 3 heterocycles. The largest absolute Gasteiger partial charge is 0.470 e. The maximum atomic E-state index is 6.22. The first-order chi connectivity index (χ1) is 11.7. The number of hydrogen-bond donors (Lipinski definition) is 1. The molecule has 1 aromatic carbocycles. The van der Waals surface area contributed by atoms with Gasteiger partial charge in [0.05, 0.1) is 21.1 Å². The van der Waals surface area contributed by atoms with Crippen LogP contribution in [0.15, 0.2) is 12.1 Å². The molecular formula is C17H20Cl2N4O. The van der Waals surface area contributed by atoms with E-state index >= 15 is 0 Å². The summed E-state index contributed by atoms with van der Waals surface area (Å²) in [5.74, 6) is 1.43. The van der Waals surface area contributed by atoms with Crippen molar-refractivity contribution in [2.45, 2.75) is 31.8 Å². The highest BCUT2D eigenvalue weighted by Crippen LogP contribution is 2.33. The molecule has 4 rings (SSSR count). The summed E-state index contributed by atoms with van der Waals surface area (Å²) in [5, 5.41) is 4.35. The maximum absolute atomic E-state index is 6.22. The van der Waals surface area contributed by atoms with Gasteiger partial charge in [0, 0.05) is 19.6 Å². The zero-order chi connectivity index (χ0) is 16.5. The highest BCUT2D eigenvalue weighted by Gasteiger charge is 2.24. The Morgan fingerprint density at radius 2 is 1.75 bits per heavy atom. The first-order valence-corrected chi connectivity index (χ1v) is 9.25. The van der Waals surface area contributed by atoms with Gasteiger partial charge in [-0.3, -0.25) is 0 Å². The molecule has 1 N–H and O–H groups in total. The van der Waals surface area contributed by atoms with E-state index in [9.17, 15) is 0 Å². The molecule has 7 heteroatoms. The fraction of sp³-hybridized carbons (Fsp3) is 0.529. The number of rotatable bonds is 3. The number of nitrogens with one attached hydrogen (secondary N) is 1. The van der Waals surface area contributed by atoms with Crippen LogP contribution >= 0.6 is 23.2 Å². The van der Waals surface area contributed by atoms with Gasteiger partial charge in [-0.1, -0.05) is 23.2 Å². The van der Waals surface area contributed by atoms with Gasteiger partial charge in [0.1, 0.15) is 6.10 Å². The fourth-order valence-electron chi connectivity index (χ4n) is 3.32. The predicted molar refractivity (Wildman–Crippen MR) is 97.5 cm³/mol. The van der Waals surface area contributed by atoms with Gasteiger partial charge < -0.3 is 15.0 Å². The molecule has 0 amide bonds. The van der Waals surface area contributed by atoms with Crippen LogP contribution in [0.4, 0.5) is 5.82 Å². The Labute approximate surface area is 151 Å². The van der Waals surface area contributed by atoms with Gasteiger partial charge in [0.2, 0.25) is 0 Å². The molecule has 2 aliphatic rings. The summed E-state index contributed by atoms with van der Waals surface area (Å²) in [6, 6.07) is 3.53. The SMILES string of the molecule is Clc1cc2nc(OC3CCCNC3)c(N3CCCC3)nc2cc1Cl. The van der Waals surface area contributed by atoms with Crippen LogP contribution in [-0.2, 0) is 0 Å². The summed E-state index contributed by atoms with van der Waals surface area (Å²) >= 11 is 12.3. The number of ether oxygens (including phenoxy) is 1. The molecule has 24 heavy (non-hydrogen) atoms. The lowest BCUT2D eigenvalue weighted by Crippen LogP contribution is -2.37. The molecule has 2 aliphatic heterocycles. The summed E-state index contributed by atoms with van der Waals surface area (Å²) in [6.45, 7) is 3.87. The maximum Gasteiger partial charge on any atom is 0.258 e. The number of nitrogens with zero attached hydrogens (tertiary/aromatic N) is 3. The van der Waals surface area contributed by atoms with E-state index < -0.39 is 0 Å². The predicted octanol–water partition coefficient (Wildman–Crippen LogP) is 3.67. The van der Waals surface area contributed by atoms with Crippen LogP contribution in [0.1, 0.15) is 25.7 Å². The molecule has 0 spiro atoms. The van der Waals surface area contributed by atoms with E-state index in [1.54, 1.807) is 12.1 Å². The second kappa shape index (κ2) is 6.90. The number of piperidine rings is 1. The molecule has 0 aliphatic carbocycles. The van der Waals surface area contributed by atoms with Crippen molar-refractivity contribution in [2.24, 2.45) is 0 Å². The van der Waals surface area contributed by atoms with Gasteiger partial charge in [0.15, 0.2) is 5.82 Å². The zero-order valence-corrected chi connectivity index (χ0v) is 14.9. The van der Waals surface area contributed by atoms with E-state index in [-0.39, 0.29) is 6.10 Å². The molecule has 0 radical (unpaired) electrons. The standard InChI is InChI=1S/C17H20Cl2N4O/c18-12-8-14-15(9-13(12)19)22-17(24-11-4-3-5-20-10-11)16(21-14)23-6-1-2-7-23/h8-9,11,20H,1-7,10H2. The molecule has 1 atom stereocenters. The molecule has 0 bridgehead atoms. The van der Waals surface area contributed by atoms with Crippen LogP contribution in [0, 0.1) is 0 Å². The monoisotopic (exact) mass is 366 g/mol. The van der Waals surface area contributed by atoms with Gasteiger partial charge in [-0.05, 0) is 44.4 Å². The second-order valence-corrected chi connectivity index (χ2v) is 7.20. The van der Waals surface area contributed by atoms with E-state index in [4.69, 9.17) is 37.9 Å². The third kappa shape index (κ3) is 3.25. The molecule has 128 valence electrons. The average molecular weight is 367 g/mol. The van der Waals surface area contributed by atoms with Crippen LogP contribution in [0.25, 0.3) is 11.0 Å². The lowest BCUT2D eigenvalue weighted by atomic mass is 10.1. The second-order valence-electron chi connectivity index (χ2n) is 6.39. The smallest absolute Gasteiger partial charge is 0.258 e. The Kier molecular flexibility index (Phi) is 4.66. The van der Waals surface area contributed by atoms with Crippen LogP contribution < -0.4 is 15.0 Å². The van der Waals surface area contributed by atoms with Crippen molar-refractivity contribution in [3.63, 3.8) is 0 Å². The van der Waals surface area contributed by atoms with Crippen molar-refractivity contribution in [3.8, 4) is 5.88 Å². The minimum Gasteiger partial charge on any atom is -0.470 e. The van der Waals surface area contributed by atoms with Crippen molar-refractivity contribution in [1.29, 1.82) is 0 Å². The van der Waals surface area contributed by atoms with Crippen molar-refractivity contribution >= 4 is 40.1 Å². The van der Waals surface area contributed by atoms with Crippen molar-refractivity contribution in [2.75, 3.05) is 31.1 Å². The van der Waals surface area contributed by atoms with Gasteiger partial charge >= 0.3 is 0 Å². The third-order valence-electron chi connectivity index (χ3n) is 4.59. The third-order valence-corrected chi connectivity index (χ3v) is 5.31. The molecule has 2 saturated heterocycles. The van der Waals surface area contributed by atoms with E-state index in [0.29, 0.717) is 21.4 Å². The fourth-order valence-corrected chi connectivity index (χ4v) is 3.63. The van der Waals surface area contributed by atoms with E-state index in [1.165, 1.54) is 12.8 Å². The summed E-state index contributed by atoms with van der Waals surface area (Å²) in [5.41, 5.74) is 1.46. The molecule has 0 saturated carbocycles. The Balaban J connectivity index is 1.75. The van der Waals surface area contributed by atoms with Crippen LogP contribution in [0.2, 0.25) is 10.0 Å². The van der Waals surface area contributed by atoms with Crippen molar-refractivity contribution in [1.82, 2.24) is 15.3 Å². The molecule has 2 aromatic rings. The Bertz CT molecular complexity index is 743. The van der Waals surface area contributed by atoms with E-state index in [0.717, 1.165) is 50.4 Å². The summed E-state index contributed by atoms with van der Waals surface area (Å²) < 4.78 is 6.22. The summed E-state index contributed by atoms with van der Waals surface area (Å²) in [7, 11) is 0. The highest BCUT2D eigenvalue weighted by atomic mass is 35.5. The molecule has 2 fully saturated rings. The Morgan fingerprint density at radius 1 is 1.04 bits per heavy atom. The Hall–Kier alpha value is -1.30. The number of halogens is 2. The first kappa shape index (κ1) is 16.2. The molecule has 1 aromatic heterocycles. The van der Waals surface area contributed by atoms with Crippen molar-refractivity contribution in [3.05, 3.63) is 22.2 Å². The first-order valence-electron chi connectivity index (χ1n) is 8.50. The van der Waals surface area contributed by atoms with Crippen molar-refractivity contribution < 1.29 is 4.74 Å². The lowest BCUT2D eigenvalue weighted by Gasteiger charge is -2.26. The van der Waals surface area contributed by atoms with Gasteiger partial charge in [0.25, 0.3) is 5.88 Å². The topological polar surface area (TPSA) is 50.3 Å². The molecule has 5 nitrogen and oxygen atoms in total. The van der Waals surface area contributed by atoms with Crippen LogP contribution in [0.5, 0.6) is 5.88 Å². The van der Waals surface area contributed by atoms with Crippen LogP contribution in [0.3, 0.4) is 0 Å². The molecular weight excluding hydrogens is 347 g/mol. The normalized spacial score (nSPS) is 21.4. The number of fused-ring (bicyclic) bond motifs is 1. The molecule has 1 unspecified atom stereocenters. The number of aromatic nitrogens is 2. The number of hydrogen-bond acceptors (Lipinski definition) is 5. The highest BCUT2D eigenvalue weighted by molar-refractivity contribution is 6.42. The van der Waals surface area contributed by atoms with Gasteiger partial charge in [-0.25, -0.2) is 9.97 Å². The van der Waals surface area contributed by atoms with Gasteiger partial charge in [-0.15, -0.1) is 0 Å². The minimum atomic E-state index is 0.134. The lowest BCUT2D eigenvalue weighted by molar-refractivity contribution is 0.161. The van der Waals surface area contributed by atoms with E-state index in [2.05, 4.69) is 10.2 Å². The quantitative estimate of drug-likeness (QED) is 0.897.